The second-order valence-corrected chi connectivity index (χ2v) is 4.22. The van der Waals surface area contributed by atoms with Crippen LogP contribution >= 0.6 is 0 Å². The summed E-state index contributed by atoms with van der Waals surface area (Å²) in [5.74, 6) is 1.98. The third-order valence-electron chi connectivity index (χ3n) is 3.56. The van der Waals surface area contributed by atoms with Crippen molar-refractivity contribution in [3.05, 3.63) is 10.1 Å². The molecule has 0 bridgehead atoms. The molecule has 2 aliphatic carbocycles. The van der Waals surface area contributed by atoms with E-state index >= 15 is 0 Å². The number of hydrogen-bond donors (Lipinski definition) is 0. The summed E-state index contributed by atoms with van der Waals surface area (Å²) in [6.45, 7) is 0.223. The second kappa shape index (κ2) is 3.04. The highest BCUT2D eigenvalue weighted by Crippen LogP contribution is 2.49. The van der Waals surface area contributed by atoms with Crippen molar-refractivity contribution in [2.45, 2.75) is 32.1 Å². The van der Waals surface area contributed by atoms with Crippen LogP contribution in [-0.2, 0) is 0 Å². The van der Waals surface area contributed by atoms with Gasteiger partial charge >= 0.3 is 0 Å². The first kappa shape index (κ1) is 8.02. The molecule has 0 aliphatic heterocycles. The number of fused-ring (bicyclic) bond motifs is 1. The predicted molar refractivity (Wildman–Crippen MR) is 45.4 cm³/mol. The molecule has 2 fully saturated rings. The summed E-state index contributed by atoms with van der Waals surface area (Å²) in [5.41, 5.74) is 0. The van der Waals surface area contributed by atoms with Gasteiger partial charge in [-0.3, -0.25) is 10.1 Å². The van der Waals surface area contributed by atoms with Gasteiger partial charge in [-0.15, -0.1) is 0 Å². The number of nitrogens with zero attached hydrogens (tertiary/aromatic N) is 1. The molecule has 0 amide bonds. The summed E-state index contributed by atoms with van der Waals surface area (Å²) >= 11 is 0. The second-order valence-electron chi connectivity index (χ2n) is 4.22. The average Bonchev–Trinajstić information content (AvgIpc) is 2.00. The molecule has 0 aromatic heterocycles. The van der Waals surface area contributed by atoms with Crippen LogP contribution in [0.15, 0.2) is 0 Å². The lowest BCUT2D eigenvalue weighted by Crippen LogP contribution is -2.42. The molecule has 2 aliphatic rings. The van der Waals surface area contributed by atoms with E-state index in [1.807, 2.05) is 0 Å². The lowest BCUT2D eigenvalue weighted by Gasteiger charge is -2.46. The Morgan fingerprint density at radius 2 is 2.08 bits per heavy atom. The van der Waals surface area contributed by atoms with Crippen molar-refractivity contribution in [1.29, 1.82) is 0 Å². The van der Waals surface area contributed by atoms with E-state index in [-0.39, 0.29) is 11.5 Å². The smallest absolute Gasteiger partial charge is 0.206 e. The molecule has 3 heteroatoms. The minimum absolute atomic E-state index is 0.143. The summed E-state index contributed by atoms with van der Waals surface area (Å²) in [7, 11) is 0. The van der Waals surface area contributed by atoms with Crippen LogP contribution in [0.25, 0.3) is 0 Å². The van der Waals surface area contributed by atoms with Gasteiger partial charge in [0, 0.05) is 10.8 Å². The normalized spacial score (nSPS) is 39.8. The zero-order valence-corrected chi connectivity index (χ0v) is 7.24. The van der Waals surface area contributed by atoms with E-state index in [0.29, 0.717) is 11.8 Å². The van der Waals surface area contributed by atoms with Gasteiger partial charge in [0.15, 0.2) is 0 Å². The van der Waals surface area contributed by atoms with Crippen LogP contribution in [0, 0.1) is 27.9 Å². The van der Waals surface area contributed by atoms with Crippen LogP contribution in [0.4, 0.5) is 0 Å². The van der Waals surface area contributed by atoms with E-state index in [2.05, 4.69) is 0 Å². The average molecular weight is 169 g/mol. The summed E-state index contributed by atoms with van der Waals surface area (Å²) in [4.78, 5) is 10.1. The minimum atomic E-state index is -0.143. The molecule has 3 atom stereocenters. The fraction of sp³-hybridized carbons (Fsp3) is 1.00. The molecule has 3 nitrogen and oxygen atoms in total. The van der Waals surface area contributed by atoms with E-state index in [0.717, 1.165) is 12.3 Å². The van der Waals surface area contributed by atoms with Gasteiger partial charge in [0.1, 0.15) is 0 Å². The van der Waals surface area contributed by atoms with Crippen LogP contribution in [0.1, 0.15) is 32.1 Å². The molecule has 0 aromatic carbocycles. The molecule has 68 valence electrons. The van der Waals surface area contributed by atoms with Crippen molar-refractivity contribution in [1.82, 2.24) is 0 Å². The third kappa shape index (κ3) is 1.32. The standard InChI is InChI=1S/C9H15NO2/c11-10(12)6-8-5-7-3-1-2-4-9(7)8/h7-9H,1-6H2/t7-,8?,9-/m0/s1. The largest absolute Gasteiger partial charge is 0.265 e. The van der Waals surface area contributed by atoms with Gasteiger partial charge in [0.25, 0.3) is 0 Å². The maximum absolute atomic E-state index is 10.3. The van der Waals surface area contributed by atoms with Crippen molar-refractivity contribution in [3.63, 3.8) is 0 Å². The Morgan fingerprint density at radius 1 is 1.33 bits per heavy atom. The molecule has 2 rings (SSSR count). The van der Waals surface area contributed by atoms with Crippen LogP contribution in [-0.4, -0.2) is 11.5 Å². The van der Waals surface area contributed by atoms with Crippen LogP contribution in [0.5, 0.6) is 0 Å². The fourth-order valence-electron chi connectivity index (χ4n) is 2.92. The van der Waals surface area contributed by atoms with Crippen LogP contribution in [0.3, 0.4) is 0 Å². The Labute approximate surface area is 72.3 Å². The first-order valence-corrected chi connectivity index (χ1v) is 4.89. The fourth-order valence-corrected chi connectivity index (χ4v) is 2.92. The quantitative estimate of drug-likeness (QED) is 0.469. The summed E-state index contributed by atoms with van der Waals surface area (Å²) in [6.07, 6.45) is 6.37. The Hall–Kier alpha value is -0.600. The lowest BCUT2D eigenvalue weighted by molar-refractivity contribution is -0.495. The zero-order valence-electron chi connectivity index (χ0n) is 7.24. The van der Waals surface area contributed by atoms with Gasteiger partial charge in [-0.05, 0) is 24.7 Å². The van der Waals surface area contributed by atoms with Crippen LogP contribution in [0.2, 0.25) is 0 Å². The first-order valence-electron chi connectivity index (χ1n) is 4.89. The molecule has 0 spiro atoms. The van der Waals surface area contributed by atoms with E-state index in [1.54, 1.807) is 0 Å². The molecule has 0 heterocycles. The van der Waals surface area contributed by atoms with Crippen molar-refractivity contribution in [2.24, 2.45) is 17.8 Å². The number of nitro groups is 1. The molecule has 0 saturated heterocycles. The topological polar surface area (TPSA) is 43.1 Å². The van der Waals surface area contributed by atoms with E-state index in [9.17, 15) is 10.1 Å². The van der Waals surface area contributed by atoms with E-state index in [1.165, 1.54) is 25.7 Å². The highest BCUT2D eigenvalue weighted by molar-refractivity contribution is 4.91. The Bertz CT molecular complexity index is 193. The summed E-state index contributed by atoms with van der Waals surface area (Å²) in [5, 5.41) is 10.3. The lowest BCUT2D eigenvalue weighted by atomic mass is 9.59. The van der Waals surface area contributed by atoms with Gasteiger partial charge in [-0.1, -0.05) is 19.3 Å². The Kier molecular flexibility index (Phi) is 2.03. The predicted octanol–water partition coefficient (Wildman–Crippen LogP) is 2.09. The molecular formula is C9H15NO2. The van der Waals surface area contributed by atoms with Gasteiger partial charge in [-0.2, -0.15) is 0 Å². The number of rotatable bonds is 2. The monoisotopic (exact) mass is 169 g/mol. The van der Waals surface area contributed by atoms with Crippen molar-refractivity contribution < 1.29 is 4.92 Å². The molecule has 0 N–H and O–H groups in total. The van der Waals surface area contributed by atoms with Gasteiger partial charge in [-0.25, -0.2) is 0 Å². The number of hydrogen-bond acceptors (Lipinski definition) is 2. The molecule has 0 aromatic rings. The highest BCUT2D eigenvalue weighted by Gasteiger charge is 2.44. The first-order chi connectivity index (χ1) is 5.77. The summed E-state index contributed by atoms with van der Waals surface area (Å²) < 4.78 is 0. The maximum Gasteiger partial charge on any atom is 0.206 e. The third-order valence-corrected chi connectivity index (χ3v) is 3.56. The SMILES string of the molecule is O=[N+]([O-])CC1C[C@@H]2CCCC[C@H]12. The Morgan fingerprint density at radius 3 is 2.75 bits per heavy atom. The van der Waals surface area contributed by atoms with Crippen LogP contribution < -0.4 is 0 Å². The maximum atomic E-state index is 10.3. The minimum Gasteiger partial charge on any atom is -0.265 e. The van der Waals surface area contributed by atoms with E-state index in [4.69, 9.17) is 0 Å². The molecule has 0 radical (unpaired) electrons. The van der Waals surface area contributed by atoms with Gasteiger partial charge < -0.3 is 0 Å². The molecular weight excluding hydrogens is 154 g/mol. The van der Waals surface area contributed by atoms with Crippen molar-refractivity contribution in [3.8, 4) is 0 Å². The molecule has 12 heavy (non-hydrogen) atoms. The van der Waals surface area contributed by atoms with Gasteiger partial charge in [0.05, 0.1) is 0 Å². The summed E-state index contributed by atoms with van der Waals surface area (Å²) in [6, 6.07) is 0. The van der Waals surface area contributed by atoms with Crippen molar-refractivity contribution in [2.75, 3.05) is 6.54 Å². The Balaban J connectivity index is 1.84. The zero-order chi connectivity index (χ0) is 8.55. The highest BCUT2D eigenvalue weighted by atomic mass is 16.6. The molecule has 1 unspecified atom stereocenters. The molecule has 2 saturated carbocycles. The van der Waals surface area contributed by atoms with Gasteiger partial charge in [0.2, 0.25) is 6.54 Å². The van der Waals surface area contributed by atoms with Crippen molar-refractivity contribution >= 4 is 0 Å². The van der Waals surface area contributed by atoms with E-state index < -0.39 is 0 Å².